The average molecular weight is 271 g/mol. The largest absolute Gasteiger partial charge is 0.478 e. The summed E-state index contributed by atoms with van der Waals surface area (Å²) in [5.74, 6) is -3.31. The molecule has 0 aliphatic heterocycles. The molecule has 2 N–H and O–H groups in total. The summed E-state index contributed by atoms with van der Waals surface area (Å²) in [5, 5.41) is 17.1. The second-order valence-corrected chi connectivity index (χ2v) is 2.87. The first kappa shape index (κ1) is 15.2. The Morgan fingerprint density at radius 1 is 1.00 bits per heavy atom. The smallest absolute Gasteiger partial charge is 0.416 e. The van der Waals surface area contributed by atoms with Crippen LogP contribution < -0.4 is 0 Å². The van der Waals surface area contributed by atoms with Gasteiger partial charge in [0.1, 0.15) is 0 Å². The van der Waals surface area contributed by atoms with Crippen molar-refractivity contribution in [1.29, 1.82) is 0 Å². The van der Waals surface area contributed by atoms with Gasteiger partial charge in [-0.1, -0.05) is 0 Å². The van der Waals surface area contributed by atoms with Crippen molar-refractivity contribution in [3.05, 3.63) is 34.9 Å². The third-order valence-corrected chi connectivity index (χ3v) is 1.81. The Bertz CT molecular complexity index is 456. The van der Waals surface area contributed by atoms with E-state index in [1.807, 2.05) is 0 Å². The molecule has 0 spiro atoms. The molecule has 94 valence electrons. The molecule has 0 radical (unpaired) electrons. The predicted octanol–water partition coefficient (Wildman–Crippen LogP) is 2.52. The van der Waals surface area contributed by atoms with Crippen LogP contribution in [0.5, 0.6) is 0 Å². The SMILES string of the molecule is Cl.O=C(O)c1ccc(C(F)(F)F)cc1C(=O)O. The first-order valence-corrected chi connectivity index (χ1v) is 3.91. The summed E-state index contributed by atoms with van der Waals surface area (Å²) >= 11 is 0. The molecule has 0 aliphatic carbocycles. The first-order valence-electron chi connectivity index (χ1n) is 3.91. The molecule has 0 bridgehead atoms. The number of benzene rings is 1. The van der Waals surface area contributed by atoms with Crippen molar-refractivity contribution in [1.82, 2.24) is 0 Å². The van der Waals surface area contributed by atoms with Gasteiger partial charge in [0, 0.05) is 0 Å². The fourth-order valence-corrected chi connectivity index (χ4v) is 1.08. The van der Waals surface area contributed by atoms with Gasteiger partial charge >= 0.3 is 18.1 Å². The highest BCUT2D eigenvalue weighted by atomic mass is 35.5. The predicted molar refractivity (Wildman–Crippen MR) is 52.6 cm³/mol. The molecule has 0 saturated carbocycles. The van der Waals surface area contributed by atoms with E-state index in [1.54, 1.807) is 0 Å². The number of carboxylic acids is 2. The second-order valence-electron chi connectivity index (χ2n) is 2.87. The Morgan fingerprint density at radius 3 is 1.82 bits per heavy atom. The lowest BCUT2D eigenvalue weighted by molar-refractivity contribution is -0.137. The lowest BCUT2D eigenvalue weighted by atomic mass is 10.0. The van der Waals surface area contributed by atoms with Crippen LogP contribution in [-0.4, -0.2) is 22.2 Å². The van der Waals surface area contributed by atoms with Crippen molar-refractivity contribution in [2.45, 2.75) is 6.18 Å². The zero-order valence-electron chi connectivity index (χ0n) is 7.99. The van der Waals surface area contributed by atoms with E-state index in [0.29, 0.717) is 18.2 Å². The van der Waals surface area contributed by atoms with Crippen LogP contribution in [0, 0.1) is 0 Å². The third-order valence-electron chi connectivity index (χ3n) is 1.81. The molecule has 1 aromatic rings. The lowest BCUT2D eigenvalue weighted by Gasteiger charge is -2.08. The summed E-state index contributed by atoms with van der Waals surface area (Å²) in [4.78, 5) is 21.1. The second kappa shape index (κ2) is 5.05. The maximum absolute atomic E-state index is 12.2. The number of halogens is 4. The van der Waals surface area contributed by atoms with E-state index in [0.717, 1.165) is 0 Å². The van der Waals surface area contributed by atoms with Crippen LogP contribution in [0.2, 0.25) is 0 Å². The van der Waals surface area contributed by atoms with Gasteiger partial charge in [-0.25, -0.2) is 9.59 Å². The number of rotatable bonds is 2. The quantitative estimate of drug-likeness (QED) is 0.866. The molecule has 4 nitrogen and oxygen atoms in total. The zero-order valence-corrected chi connectivity index (χ0v) is 8.80. The van der Waals surface area contributed by atoms with Crippen LogP contribution in [-0.2, 0) is 6.18 Å². The molecule has 0 aliphatic rings. The summed E-state index contributed by atoms with van der Waals surface area (Å²) in [6, 6.07) is 1.44. The van der Waals surface area contributed by atoms with E-state index in [-0.39, 0.29) is 12.4 Å². The minimum atomic E-state index is -4.71. The summed E-state index contributed by atoms with van der Waals surface area (Å²) < 4.78 is 36.7. The minimum absolute atomic E-state index is 0. The van der Waals surface area contributed by atoms with Crippen molar-refractivity contribution >= 4 is 24.3 Å². The standard InChI is InChI=1S/C9H5F3O4.ClH/c10-9(11,12)4-1-2-5(7(13)14)6(3-4)8(15)16;/h1-3H,(H,13,14)(H,15,16);1H. The molecular formula is C9H6ClF3O4. The molecule has 1 rings (SSSR count). The number of alkyl halides is 3. The molecular weight excluding hydrogens is 265 g/mol. The van der Waals surface area contributed by atoms with Crippen LogP contribution in [0.15, 0.2) is 18.2 Å². The fourth-order valence-electron chi connectivity index (χ4n) is 1.08. The van der Waals surface area contributed by atoms with E-state index >= 15 is 0 Å². The fraction of sp³-hybridized carbons (Fsp3) is 0.111. The molecule has 0 saturated heterocycles. The van der Waals surface area contributed by atoms with Crippen molar-refractivity contribution < 1.29 is 33.0 Å². The van der Waals surface area contributed by atoms with Gasteiger partial charge in [-0.05, 0) is 18.2 Å². The monoisotopic (exact) mass is 270 g/mol. The van der Waals surface area contributed by atoms with Crippen LogP contribution >= 0.6 is 12.4 Å². The van der Waals surface area contributed by atoms with Gasteiger partial charge in [-0.2, -0.15) is 13.2 Å². The molecule has 0 aromatic heterocycles. The van der Waals surface area contributed by atoms with Crippen molar-refractivity contribution in [3.63, 3.8) is 0 Å². The minimum Gasteiger partial charge on any atom is -0.478 e. The molecule has 1 aromatic carbocycles. The molecule has 0 atom stereocenters. The Balaban J connectivity index is 0.00000256. The highest BCUT2D eigenvalue weighted by Crippen LogP contribution is 2.30. The van der Waals surface area contributed by atoms with E-state index in [1.165, 1.54) is 0 Å². The zero-order chi connectivity index (χ0) is 12.5. The first-order chi connectivity index (χ1) is 7.23. The van der Waals surface area contributed by atoms with Crippen LogP contribution in [0.4, 0.5) is 13.2 Å². The van der Waals surface area contributed by atoms with Gasteiger partial charge in [0.2, 0.25) is 0 Å². The number of carbonyl (C=O) groups is 2. The maximum atomic E-state index is 12.2. The Kier molecular flexibility index (Phi) is 4.52. The molecule has 0 fully saturated rings. The van der Waals surface area contributed by atoms with E-state index < -0.39 is 34.8 Å². The van der Waals surface area contributed by atoms with Crippen LogP contribution in [0.3, 0.4) is 0 Å². The summed E-state index contributed by atoms with van der Waals surface area (Å²) in [6.45, 7) is 0. The molecule has 0 heterocycles. The molecule has 17 heavy (non-hydrogen) atoms. The van der Waals surface area contributed by atoms with Gasteiger partial charge in [-0.3, -0.25) is 0 Å². The normalized spacial score (nSPS) is 10.5. The highest BCUT2D eigenvalue weighted by Gasteiger charge is 2.32. The van der Waals surface area contributed by atoms with E-state index in [9.17, 15) is 22.8 Å². The molecule has 8 heteroatoms. The lowest BCUT2D eigenvalue weighted by Crippen LogP contribution is -2.12. The van der Waals surface area contributed by atoms with Gasteiger partial charge < -0.3 is 10.2 Å². The van der Waals surface area contributed by atoms with E-state index in [2.05, 4.69) is 0 Å². The Hall–Kier alpha value is -1.76. The number of carboxylic acid groups (broad SMARTS) is 2. The molecule has 0 unspecified atom stereocenters. The van der Waals surface area contributed by atoms with Crippen molar-refractivity contribution in [2.75, 3.05) is 0 Å². The van der Waals surface area contributed by atoms with Crippen molar-refractivity contribution in [3.8, 4) is 0 Å². The molecule has 0 amide bonds. The summed E-state index contributed by atoms with van der Waals surface area (Å²) in [6.07, 6.45) is -4.71. The topological polar surface area (TPSA) is 74.6 Å². The highest BCUT2D eigenvalue weighted by molar-refractivity contribution is 6.01. The Labute approximate surface area is 99.1 Å². The Morgan fingerprint density at radius 2 is 1.47 bits per heavy atom. The van der Waals surface area contributed by atoms with Gasteiger partial charge in [0.05, 0.1) is 16.7 Å². The third kappa shape index (κ3) is 3.35. The number of hydrogen-bond donors (Lipinski definition) is 2. The van der Waals surface area contributed by atoms with Crippen LogP contribution in [0.1, 0.15) is 26.3 Å². The van der Waals surface area contributed by atoms with Crippen LogP contribution in [0.25, 0.3) is 0 Å². The maximum Gasteiger partial charge on any atom is 0.416 e. The van der Waals surface area contributed by atoms with Gasteiger partial charge in [0.15, 0.2) is 0 Å². The average Bonchev–Trinajstić information content (AvgIpc) is 2.15. The summed E-state index contributed by atoms with van der Waals surface area (Å²) in [7, 11) is 0. The summed E-state index contributed by atoms with van der Waals surface area (Å²) in [5.41, 5.74) is -2.77. The van der Waals surface area contributed by atoms with Gasteiger partial charge in [0.25, 0.3) is 0 Å². The van der Waals surface area contributed by atoms with Crippen molar-refractivity contribution in [2.24, 2.45) is 0 Å². The van der Waals surface area contributed by atoms with Gasteiger partial charge in [-0.15, -0.1) is 12.4 Å². The number of aromatic carboxylic acids is 2. The van der Waals surface area contributed by atoms with E-state index in [4.69, 9.17) is 10.2 Å². The number of hydrogen-bond acceptors (Lipinski definition) is 2.